The molecular weight excluding hydrogens is 316 g/mol. The molecule has 0 bridgehead atoms. The average molecular weight is 329 g/mol. The Balaban J connectivity index is 2.08. The van der Waals surface area contributed by atoms with E-state index in [1.807, 2.05) is 25.1 Å². The number of fused-ring (bicyclic) bond motifs is 1. The van der Waals surface area contributed by atoms with Crippen LogP contribution in [0.5, 0.6) is 5.75 Å². The Hall–Kier alpha value is -2.73. The number of benzene rings is 1. The third-order valence-electron chi connectivity index (χ3n) is 3.39. The van der Waals surface area contributed by atoms with Crippen LogP contribution in [0.4, 0.5) is 5.69 Å². The van der Waals surface area contributed by atoms with Gasteiger partial charge in [0.2, 0.25) is 0 Å². The summed E-state index contributed by atoms with van der Waals surface area (Å²) in [6.07, 6.45) is 4.34. The fraction of sp³-hybridized carbons (Fsp3) is 0.125. The van der Waals surface area contributed by atoms with Crippen LogP contribution in [0.25, 0.3) is 10.9 Å². The standard InChI is InChI=1S/C16H13ClN4O2/c1-9-6-19-14-10(4-3-5-12(14)23-2)13(9)21-16(22)15-11(17)7-18-8-20-15/h3-8H,1-2H3,(H,19,21,22). The highest BCUT2D eigenvalue weighted by Crippen LogP contribution is 2.31. The summed E-state index contributed by atoms with van der Waals surface area (Å²) in [6.45, 7) is 1.86. The first kappa shape index (κ1) is 15.2. The molecular formula is C16H13ClN4O2. The molecule has 0 aliphatic heterocycles. The number of ether oxygens (including phenoxy) is 1. The van der Waals surface area contributed by atoms with Crippen LogP contribution in [0.2, 0.25) is 5.02 Å². The SMILES string of the molecule is COc1cccc2c(NC(=O)c3ncncc3Cl)c(C)cnc12. The van der Waals surface area contributed by atoms with Crippen LogP contribution in [0.1, 0.15) is 16.1 Å². The van der Waals surface area contributed by atoms with Crippen molar-refractivity contribution in [1.29, 1.82) is 0 Å². The first-order chi connectivity index (χ1) is 11.1. The summed E-state index contributed by atoms with van der Waals surface area (Å²) >= 11 is 5.97. The summed E-state index contributed by atoms with van der Waals surface area (Å²) in [6, 6.07) is 5.53. The number of methoxy groups -OCH3 is 1. The molecule has 0 spiro atoms. The van der Waals surface area contributed by atoms with E-state index in [-0.39, 0.29) is 10.7 Å². The zero-order valence-electron chi connectivity index (χ0n) is 12.5. The van der Waals surface area contributed by atoms with Crippen LogP contribution in [-0.4, -0.2) is 28.0 Å². The molecule has 1 aromatic carbocycles. The van der Waals surface area contributed by atoms with E-state index in [4.69, 9.17) is 16.3 Å². The van der Waals surface area contributed by atoms with Gasteiger partial charge in [-0.1, -0.05) is 23.7 Å². The third kappa shape index (κ3) is 2.80. The van der Waals surface area contributed by atoms with Gasteiger partial charge in [-0.3, -0.25) is 9.78 Å². The lowest BCUT2D eigenvalue weighted by Gasteiger charge is -2.13. The van der Waals surface area contributed by atoms with Crippen LogP contribution in [-0.2, 0) is 0 Å². The summed E-state index contributed by atoms with van der Waals surface area (Å²) in [7, 11) is 1.58. The quantitative estimate of drug-likeness (QED) is 0.798. The monoisotopic (exact) mass is 328 g/mol. The van der Waals surface area contributed by atoms with Crippen LogP contribution in [0.3, 0.4) is 0 Å². The van der Waals surface area contributed by atoms with Crippen LogP contribution in [0, 0.1) is 6.92 Å². The zero-order chi connectivity index (χ0) is 16.4. The van der Waals surface area contributed by atoms with Gasteiger partial charge in [0, 0.05) is 17.8 Å². The second kappa shape index (κ2) is 6.18. The highest BCUT2D eigenvalue weighted by atomic mass is 35.5. The molecule has 3 rings (SSSR count). The zero-order valence-corrected chi connectivity index (χ0v) is 13.3. The highest BCUT2D eigenvalue weighted by Gasteiger charge is 2.16. The van der Waals surface area contributed by atoms with Crippen molar-refractivity contribution in [2.24, 2.45) is 0 Å². The number of aryl methyl sites for hydroxylation is 1. The number of rotatable bonds is 3. The van der Waals surface area contributed by atoms with Crippen molar-refractivity contribution in [3.63, 3.8) is 0 Å². The van der Waals surface area contributed by atoms with Crippen LogP contribution >= 0.6 is 11.6 Å². The van der Waals surface area contributed by atoms with Gasteiger partial charge in [0.1, 0.15) is 23.3 Å². The van der Waals surface area contributed by atoms with E-state index in [0.717, 1.165) is 10.9 Å². The van der Waals surface area contributed by atoms with Crippen molar-refractivity contribution in [1.82, 2.24) is 15.0 Å². The Kier molecular flexibility index (Phi) is 4.08. The van der Waals surface area contributed by atoms with Gasteiger partial charge in [0.15, 0.2) is 0 Å². The molecule has 6 nitrogen and oxygen atoms in total. The lowest BCUT2D eigenvalue weighted by atomic mass is 10.1. The van der Waals surface area contributed by atoms with E-state index >= 15 is 0 Å². The number of carbonyl (C=O) groups excluding carboxylic acids is 1. The fourth-order valence-corrected chi connectivity index (χ4v) is 2.47. The molecule has 2 aromatic heterocycles. The van der Waals surface area contributed by atoms with Gasteiger partial charge in [0.05, 0.1) is 17.8 Å². The molecule has 3 aromatic rings. The van der Waals surface area contributed by atoms with Gasteiger partial charge >= 0.3 is 0 Å². The molecule has 2 heterocycles. The molecule has 0 saturated heterocycles. The van der Waals surface area contributed by atoms with Gasteiger partial charge < -0.3 is 10.1 Å². The second-order valence-corrected chi connectivity index (χ2v) is 5.25. The molecule has 0 unspecified atom stereocenters. The largest absolute Gasteiger partial charge is 0.494 e. The maximum atomic E-state index is 12.4. The van der Waals surface area contributed by atoms with Gasteiger partial charge in [-0.2, -0.15) is 0 Å². The number of nitrogens with one attached hydrogen (secondary N) is 1. The maximum Gasteiger partial charge on any atom is 0.275 e. The molecule has 0 fully saturated rings. The summed E-state index contributed by atoms with van der Waals surface area (Å²) in [5, 5.41) is 3.83. The Morgan fingerprint density at radius 1 is 1.26 bits per heavy atom. The first-order valence-corrected chi connectivity index (χ1v) is 7.18. The number of aromatic nitrogens is 3. The van der Waals surface area contributed by atoms with Gasteiger partial charge in [-0.05, 0) is 18.6 Å². The number of amides is 1. The Morgan fingerprint density at radius 2 is 2.09 bits per heavy atom. The Bertz CT molecular complexity index is 898. The molecule has 0 saturated carbocycles. The summed E-state index contributed by atoms with van der Waals surface area (Å²) < 4.78 is 5.31. The smallest absolute Gasteiger partial charge is 0.275 e. The molecule has 0 aliphatic carbocycles. The van der Waals surface area contributed by atoms with E-state index in [9.17, 15) is 4.79 Å². The predicted molar refractivity (Wildman–Crippen MR) is 88.0 cm³/mol. The van der Waals surface area contributed by atoms with E-state index in [1.54, 1.807) is 13.3 Å². The Labute approximate surface area is 137 Å². The van der Waals surface area contributed by atoms with Gasteiger partial charge in [0.25, 0.3) is 5.91 Å². The third-order valence-corrected chi connectivity index (χ3v) is 3.67. The molecule has 0 radical (unpaired) electrons. The Morgan fingerprint density at radius 3 is 2.83 bits per heavy atom. The van der Waals surface area contributed by atoms with E-state index < -0.39 is 5.91 Å². The normalized spacial score (nSPS) is 10.6. The summed E-state index contributed by atoms with van der Waals surface area (Å²) in [5.41, 5.74) is 2.26. The fourth-order valence-electron chi connectivity index (χ4n) is 2.28. The molecule has 7 heteroatoms. The number of pyridine rings is 1. The van der Waals surface area contributed by atoms with Crippen molar-refractivity contribution in [3.8, 4) is 5.75 Å². The number of anilines is 1. The average Bonchev–Trinajstić information content (AvgIpc) is 2.57. The number of nitrogens with zero attached hydrogens (tertiary/aromatic N) is 3. The summed E-state index contributed by atoms with van der Waals surface area (Å²) in [5.74, 6) is 0.230. The molecule has 0 aliphatic rings. The number of hydrogen-bond acceptors (Lipinski definition) is 5. The number of hydrogen-bond donors (Lipinski definition) is 1. The lowest BCUT2D eigenvalue weighted by Crippen LogP contribution is -2.15. The summed E-state index contributed by atoms with van der Waals surface area (Å²) in [4.78, 5) is 24.5. The van der Waals surface area contributed by atoms with Crippen molar-refractivity contribution in [2.75, 3.05) is 12.4 Å². The molecule has 23 heavy (non-hydrogen) atoms. The number of halogens is 1. The van der Waals surface area contributed by atoms with E-state index in [1.165, 1.54) is 12.5 Å². The maximum absolute atomic E-state index is 12.4. The molecule has 116 valence electrons. The number of para-hydroxylation sites is 1. The highest BCUT2D eigenvalue weighted by molar-refractivity contribution is 6.34. The van der Waals surface area contributed by atoms with Gasteiger partial charge in [-0.15, -0.1) is 0 Å². The van der Waals surface area contributed by atoms with Crippen LogP contribution in [0.15, 0.2) is 36.9 Å². The van der Waals surface area contributed by atoms with E-state index in [2.05, 4.69) is 20.3 Å². The van der Waals surface area contributed by atoms with Crippen molar-refractivity contribution >= 4 is 34.1 Å². The molecule has 1 amide bonds. The van der Waals surface area contributed by atoms with Crippen molar-refractivity contribution in [2.45, 2.75) is 6.92 Å². The van der Waals surface area contributed by atoms with Crippen molar-refractivity contribution in [3.05, 3.63) is 53.2 Å². The molecule has 1 N–H and O–H groups in total. The lowest BCUT2D eigenvalue weighted by molar-refractivity contribution is 0.102. The van der Waals surface area contributed by atoms with Crippen molar-refractivity contribution < 1.29 is 9.53 Å². The minimum Gasteiger partial charge on any atom is -0.494 e. The van der Waals surface area contributed by atoms with Gasteiger partial charge in [-0.25, -0.2) is 9.97 Å². The van der Waals surface area contributed by atoms with E-state index in [0.29, 0.717) is 17.0 Å². The number of carbonyl (C=O) groups is 1. The predicted octanol–water partition coefficient (Wildman–Crippen LogP) is 3.25. The first-order valence-electron chi connectivity index (χ1n) is 6.81. The minimum atomic E-state index is -0.407. The second-order valence-electron chi connectivity index (χ2n) is 4.85. The van der Waals surface area contributed by atoms with Crippen LogP contribution < -0.4 is 10.1 Å². The molecule has 0 atom stereocenters. The minimum absolute atomic E-state index is 0.119. The topological polar surface area (TPSA) is 77.0 Å².